The summed E-state index contributed by atoms with van der Waals surface area (Å²) in [6.45, 7) is 10.9. The molecular formula is C18H30N2O. The zero-order valence-electron chi connectivity index (χ0n) is 14.0. The number of benzene rings is 1. The Labute approximate surface area is 129 Å². The SMILES string of the molecule is COC1CCN(c2ccc(CNCC(C)C)cc2C)CC1. The molecule has 0 radical (unpaired) electrons. The average molecular weight is 290 g/mol. The minimum Gasteiger partial charge on any atom is -0.381 e. The van der Waals surface area contributed by atoms with Gasteiger partial charge in [0.25, 0.3) is 0 Å². The van der Waals surface area contributed by atoms with Crippen LogP contribution in [-0.4, -0.2) is 32.8 Å². The van der Waals surface area contributed by atoms with Crippen molar-refractivity contribution in [1.82, 2.24) is 5.32 Å². The van der Waals surface area contributed by atoms with Crippen molar-refractivity contribution in [3.63, 3.8) is 0 Å². The lowest BCUT2D eigenvalue weighted by molar-refractivity contribution is 0.0819. The van der Waals surface area contributed by atoms with Gasteiger partial charge in [0.1, 0.15) is 0 Å². The predicted molar refractivity (Wildman–Crippen MR) is 90.0 cm³/mol. The summed E-state index contributed by atoms with van der Waals surface area (Å²) in [7, 11) is 1.82. The summed E-state index contributed by atoms with van der Waals surface area (Å²) >= 11 is 0. The standard InChI is InChI=1S/C18H30N2O/c1-14(2)12-19-13-16-5-6-18(15(3)11-16)20-9-7-17(21-4)8-10-20/h5-6,11,14,17,19H,7-10,12-13H2,1-4H3. The third-order valence-corrected chi connectivity index (χ3v) is 4.26. The zero-order chi connectivity index (χ0) is 15.2. The highest BCUT2D eigenvalue weighted by Gasteiger charge is 2.19. The second-order valence-corrected chi connectivity index (χ2v) is 6.57. The van der Waals surface area contributed by atoms with Crippen molar-refractivity contribution >= 4 is 5.69 Å². The number of hydrogen-bond donors (Lipinski definition) is 1. The number of nitrogens with zero attached hydrogens (tertiary/aromatic N) is 1. The van der Waals surface area contributed by atoms with Crippen molar-refractivity contribution in [2.45, 2.75) is 46.3 Å². The molecule has 1 N–H and O–H groups in total. The number of hydrogen-bond acceptors (Lipinski definition) is 3. The highest BCUT2D eigenvalue weighted by atomic mass is 16.5. The van der Waals surface area contributed by atoms with E-state index in [1.807, 2.05) is 7.11 Å². The average Bonchev–Trinajstić information content (AvgIpc) is 2.47. The molecule has 0 aromatic heterocycles. The molecule has 0 aliphatic carbocycles. The fourth-order valence-electron chi connectivity index (χ4n) is 3.02. The van der Waals surface area contributed by atoms with Crippen LogP contribution in [0.3, 0.4) is 0 Å². The van der Waals surface area contributed by atoms with Gasteiger partial charge in [0.2, 0.25) is 0 Å². The topological polar surface area (TPSA) is 24.5 Å². The Morgan fingerprint density at radius 2 is 2.00 bits per heavy atom. The van der Waals surface area contributed by atoms with Gasteiger partial charge in [-0.15, -0.1) is 0 Å². The molecule has 2 rings (SSSR count). The number of piperidine rings is 1. The Balaban J connectivity index is 1.93. The number of methoxy groups -OCH3 is 1. The van der Waals surface area contributed by atoms with E-state index in [9.17, 15) is 0 Å². The van der Waals surface area contributed by atoms with Gasteiger partial charge in [0.05, 0.1) is 6.10 Å². The number of aryl methyl sites for hydroxylation is 1. The molecule has 0 atom stereocenters. The molecule has 118 valence electrons. The summed E-state index contributed by atoms with van der Waals surface area (Å²) < 4.78 is 5.45. The summed E-state index contributed by atoms with van der Waals surface area (Å²) in [6, 6.07) is 6.87. The van der Waals surface area contributed by atoms with Crippen LogP contribution in [-0.2, 0) is 11.3 Å². The van der Waals surface area contributed by atoms with E-state index in [0.717, 1.165) is 39.0 Å². The van der Waals surface area contributed by atoms with Crippen LogP contribution in [0.15, 0.2) is 18.2 Å². The maximum absolute atomic E-state index is 5.45. The van der Waals surface area contributed by atoms with Crippen molar-refractivity contribution < 1.29 is 4.74 Å². The van der Waals surface area contributed by atoms with Crippen LogP contribution < -0.4 is 10.2 Å². The van der Waals surface area contributed by atoms with Crippen LogP contribution >= 0.6 is 0 Å². The van der Waals surface area contributed by atoms with Crippen LogP contribution in [0.1, 0.15) is 37.8 Å². The summed E-state index contributed by atoms with van der Waals surface area (Å²) in [5, 5.41) is 3.51. The molecule has 1 aromatic carbocycles. The van der Waals surface area contributed by atoms with Crippen LogP contribution in [0.4, 0.5) is 5.69 Å². The van der Waals surface area contributed by atoms with E-state index in [0.29, 0.717) is 12.0 Å². The monoisotopic (exact) mass is 290 g/mol. The van der Waals surface area contributed by atoms with E-state index in [1.54, 1.807) is 0 Å². The second-order valence-electron chi connectivity index (χ2n) is 6.57. The molecule has 0 saturated carbocycles. The van der Waals surface area contributed by atoms with E-state index < -0.39 is 0 Å². The number of ether oxygens (including phenoxy) is 1. The van der Waals surface area contributed by atoms with Crippen molar-refractivity contribution in [3.05, 3.63) is 29.3 Å². The molecule has 1 aliphatic rings. The lowest BCUT2D eigenvalue weighted by Crippen LogP contribution is -2.37. The van der Waals surface area contributed by atoms with Gasteiger partial charge in [-0.05, 0) is 49.4 Å². The number of rotatable bonds is 6. The van der Waals surface area contributed by atoms with E-state index >= 15 is 0 Å². The first-order valence-electron chi connectivity index (χ1n) is 8.18. The number of nitrogens with one attached hydrogen (secondary N) is 1. The first-order valence-corrected chi connectivity index (χ1v) is 8.18. The van der Waals surface area contributed by atoms with Gasteiger partial charge < -0.3 is 15.0 Å². The van der Waals surface area contributed by atoms with E-state index in [2.05, 4.69) is 49.2 Å². The summed E-state index contributed by atoms with van der Waals surface area (Å²) in [6.07, 6.45) is 2.71. The van der Waals surface area contributed by atoms with Gasteiger partial charge >= 0.3 is 0 Å². The quantitative estimate of drug-likeness (QED) is 0.869. The van der Waals surface area contributed by atoms with Gasteiger partial charge in [-0.25, -0.2) is 0 Å². The first-order chi connectivity index (χ1) is 10.1. The minimum atomic E-state index is 0.445. The molecule has 1 aromatic rings. The first kappa shape index (κ1) is 16.3. The van der Waals surface area contributed by atoms with Gasteiger partial charge in [-0.3, -0.25) is 0 Å². The van der Waals surface area contributed by atoms with Crippen molar-refractivity contribution in [3.8, 4) is 0 Å². The fraction of sp³-hybridized carbons (Fsp3) is 0.667. The van der Waals surface area contributed by atoms with Crippen molar-refractivity contribution in [2.75, 3.05) is 31.6 Å². The zero-order valence-corrected chi connectivity index (χ0v) is 14.0. The van der Waals surface area contributed by atoms with E-state index in [-0.39, 0.29) is 0 Å². The molecule has 0 unspecified atom stereocenters. The third-order valence-electron chi connectivity index (χ3n) is 4.26. The van der Waals surface area contributed by atoms with Gasteiger partial charge in [0.15, 0.2) is 0 Å². The van der Waals surface area contributed by atoms with Gasteiger partial charge in [0, 0.05) is 32.4 Å². The normalized spacial score (nSPS) is 16.7. The lowest BCUT2D eigenvalue weighted by Gasteiger charge is -2.34. The molecule has 1 saturated heterocycles. The maximum Gasteiger partial charge on any atom is 0.0605 e. The molecule has 0 amide bonds. The van der Waals surface area contributed by atoms with Crippen LogP contribution in [0.2, 0.25) is 0 Å². The molecule has 1 fully saturated rings. The smallest absolute Gasteiger partial charge is 0.0605 e. The molecule has 3 nitrogen and oxygen atoms in total. The van der Waals surface area contributed by atoms with E-state index in [4.69, 9.17) is 4.74 Å². The minimum absolute atomic E-state index is 0.445. The van der Waals surface area contributed by atoms with Gasteiger partial charge in [-0.2, -0.15) is 0 Å². The lowest BCUT2D eigenvalue weighted by atomic mass is 10.0. The third kappa shape index (κ3) is 4.72. The van der Waals surface area contributed by atoms with Crippen LogP contribution in [0.5, 0.6) is 0 Å². The van der Waals surface area contributed by atoms with Crippen LogP contribution in [0, 0.1) is 12.8 Å². The van der Waals surface area contributed by atoms with E-state index in [1.165, 1.54) is 16.8 Å². The molecule has 0 spiro atoms. The molecule has 1 heterocycles. The summed E-state index contributed by atoms with van der Waals surface area (Å²) in [5.74, 6) is 0.701. The Morgan fingerprint density at radius 1 is 1.29 bits per heavy atom. The van der Waals surface area contributed by atoms with Crippen LogP contribution in [0.25, 0.3) is 0 Å². The fourth-order valence-corrected chi connectivity index (χ4v) is 3.02. The molecular weight excluding hydrogens is 260 g/mol. The second kappa shape index (κ2) is 7.81. The summed E-state index contributed by atoms with van der Waals surface area (Å²) in [5.41, 5.74) is 4.15. The molecule has 1 aliphatic heterocycles. The maximum atomic E-state index is 5.45. The Kier molecular flexibility index (Phi) is 6.07. The highest BCUT2D eigenvalue weighted by Crippen LogP contribution is 2.25. The molecule has 21 heavy (non-hydrogen) atoms. The Bertz CT molecular complexity index is 437. The van der Waals surface area contributed by atoms with Crippen molar-refractivity contribution in [1.29, 1.82) is 0 Å². The molecule has 3 heteroatoms. The summed E-state index contributed by atoms with van der Waals surface area (Å²) in [4.78, 5) is 2.50. The Morgan fingerprint density at radius 3 is 2.57 bits per heavy atom. The predicted octanol–water partition coefficient (Wildman–Crippen LogP) is 3.36. The largest absolute Gasteiger partial charge is 0.381 e. The molecule has 0 bridgehead atoms. The highest BCUT2D eigenvalue weighted by molar-refractivity contribution is 5.54. The van der Waals surface area contributed by atoms with Crippen molar-refractivity contribution in [2.24, 2.45) is 5.92 Å². The number of anilines is 1. The van der Waals surface area contributed by atoms with Gasteiger partial charge in [-0.1, -0.05) is 26.0 Å². The Hall–Kier alpha value is -1.06.